The molecule has 136 valence electrons. The van der Waals surface area contributed by atoms with E-state index in [-0.39, 0.29) is 11.9 Å². The van der Waals surface area contributed by atoms with Crippen LogP contribution in [0.4, 0.5) is 10.5 Å². The molecule has 1 fully saturated rings. The van der Waals surface area contributed by atoms with Crippen molar-refractivity contribution in [3.8, 4) is 0 Å². The van der Waals surface area contributed by atoms with Gasteiger partial charge in [0.15, 0.2) is 0 Å². The highest BCUT2D eigenvalue weighted by molar-refractivity contribution is 5.93. The highest BCUT2D eigenvalue weighted by Crippen LogP contribution is 2.19. The van der Waals surface area contributed by atoms with E-state index in [0.717, 1.165) is 25.7 Å². The number of amides is 2. The molecule has 0 radical (unpaired) electrons. The van der Waals surface area contributed by atoms with Gasteiger partial charge in [-0.15, -0.1) is 0 Å². The molecule has 25 heavy (non-hydrogen) atoms. The first-order valence-electron chi connectivity index (χ1n) is 8.91. The van der Waals surface area contributed by atoms with Crippen molar-refractivity contribution in [1.82, 2.24) is 5.32 Å². The van der Waals surface area contributed by atoms with Gasteiger partial charge in [-0.05, 0) is 45.7 Å². The van der Waals surface area contributed by atoms with Crippen molar-refractivity contribution in [1.29, 1.82) is 0 Å². The van der Waals surface area contributed by atoms with Gasteiger partial charge in [0.1, 0.15) is 5.60 Å². The fraction of sp³-hybridized carbons (Fsp3) is 0.500. The summed E-state index contributed by atoms with van der Waals surface area (Å²) < 4.78 is 5.44. The second-order valence-corrected chi connectivity index (χ2v) is 7.35. The molecule has 0 spiro atoms. The molecule has 2 rings (SSSR count). The summed E-state index contributed by atoms with van der Waals surface area (Å²) in [5.74, 6) is -0.184. The number of benzene rings is 1. The lowest BCUT2D eigenvalue weighted by Gasteiger charge is -2.25. The number of nitrogens with one attached hydrogen (secondary N) is 1. The number of hydrogen-bond donors (Lipinski definition) is 1. The van der Waals surface area contributed by atoms with E-state index in [2.05, 4.69) is 5.32 Å². The van der Waals surface area contributed by atoms with Crippen LogP contribution in [0.1, 0.15) is 52.9 Å². The predicted molar refractivity (Wildman–Crippen MR) is 99.3 cm³/mol. The van der Waals surface area contributed by atoms with Crippen molar-refractivity contribution in [2.75, 3.05) is 4.90 Å². The smallest absolute Gasteiger partial charge is 0.418 e. The lowest BCUT2D eigenvalue weighted by Crippen LogP contribution is -2.36. The van der Waals surface area contributed by atoms with Crippen LogP contribution in [0.2, 0.25) is 0 Å². The largest absolute Gasteiger partial charge is 0.443 e. The lowest BCUT2D eigenvalue weighted by atomic mass is 9.95. The lowest BCUT2D eigenvalue weighted by molar-refractivity contribution is -0.117. The third kappa shape index (κ3) is 6.61. The van der Waals surface area contributed by atoms with Gasteiger partial charge >= 0.3 is 6.09 Å². The molecule has 0 atom stereocenters. The summed E-state index contributed by atoms with van der Waals surface area (Å²) in [4.78, 5) is 26.0. The average Bonchev–Trinajstić information content (AvgIpc) is 2.55. The molecule has 5 nitrogen and oxygen atoms in total. The van der Waals surface area contributed by atoms with Crippen molar-refractivity contribution in [3.05, 3.63) is 42.6 Å². The Hall–Kier alpha value is -2.30. The second-order valence-electron chi connectivity index (χ2n) is 7.35. The van der Waals surface area contributed by atoms with Gasteiger partial charge in [-0.2, -0.15) is 0 Å². The van der Waals surface area contributed by atoms with Gasteiger partial charge in [0.2, 0.25) is 5.91 Å². The Labute approximate surface area is 150 Å². The van der Waals surface area contributed by atoms with E-state index in [9.17, 15) is 9.59 Å². The first-order valence-corrected chi connectivity index (χ1v) is 8.91. The van der Waals surface area contributed by atoms with Crippen molar-refractivity contribution in [2.24, 2.45) is 0 Å². The van der Waals surface area contributed by atoms with Crippen molar-refractivity contribution >= 4 is 17.7 Å². The molecule has 1 aromatic carbocycles. The molecule has 1 aliphatic rings. The molecule has 1 aliphatic carbocycles. The van der Waals surface area contributed by atoms with Crippen molar-refractivity contribution in [3.63, 3.8) is 0 Å². The van der Waals surface area contributed by atoms with Crippen LogP contribution < -0.4 is 10.2 Å². The molecule has 5 heteroatoms. The van der Waals surface area contributed by atoms with E-state index >= 15 is 0 Å². The van der Waals surface area contributed by atoms with E-state index < -0.39 is 11.7 Å². The van der Waals surface area contributed by atoms with Crippen LogP contribution in [0.25, 0.3) is 0 Å². The van der Waals surface area contributed by atoms with Gasteiger partial charge in [0.05, 0.1) is 5.69 Å². The van der Waals surface area contributed by atoms with Gasteiger partial charge in [-0.1, -0.05) is 37.5 Å². The van der Waals surface area contributed by atoms with Crippen molar-refractivity contribution < 1.29 is 14.3 Å². The third-order valence-corrected chi connectivity index (χ3v) is 3.95. The summed E-state index contributed by atoms with van der Waals surface area (Å²) in [7, 11) is 0. The number of anilines is 1. The van der Waals surface area contributed by atoms with E-state index in [4.69, 9.17) is 4.74 Å². The molecule has 0 heterocycles. The summed E-state index contributed by atoms with van der Waals surface area (Å²) in [5, 5.41) is 3.01. The van der Waals surface area contributed by atoms with Crippen LogP contribution in [0, 0.1) is 0 Å². The zero-order chi connectivity index (χ0) is 18.3. The number of nitrogens with zero attached hydrogens (tertiary/aromatic N) is 1. The van der Waals surface area contributed by atoms with E-state index in [1.807, 2.05) is 39.0 Å². The monoisotopic (exact) mass is 344 g/mol. The number of carbonyl (C=O) groups is 2. The quantitative estimate of drug-likeness (QED) is 0.824. The van der Waals surface area contributed by atoms with Gasteiger partial charge in [-0.25, -0.2) is 4.79 Å². The van der Waals surface area contributed by atoms with Gasteiger partial charge in [-0.3, -0.25) is 9.69 Å². The number of ether oxygens (including phenoxy) is 1. The predicted octanol–water partition coefficient (Wildman–Crippen LogP) is 4.39. The second kappa shape index (κ2) is 8.70. The summed E-state index contributed by atoms with van der Waals surface area (Å²) in [6.07, 6.45) is 7.95. The first-order chi connectivity index (χ1) is 11.8. The standard InChI is InChI=1S/C20H28N2O3/c1-20(2,3)25-19(24)22(17-12-8-5-9-13-17)15-14-18(23)21-16-10-6-4-7-11-16/h5,8-9,12-16H,4,6-7,10-11H2,1-3H3,(H,21,23)/b15-14+. The molecule has 2 amide bonds. The third-order valence-electron chi connectivity index (χ3n) is 3.95. The molecule has 1 saturated carbocycles. The zero-order valence-electron chi connectivity index (χ0n) is 15.3. The first kappa shape index (κ1) is 19.0. The van der Waals surface area contributed by atoms with E-state index in [1.165, 1.54) is 23.6 Å². The minimum absolute atomic E-state index is 0.184. The zero-order valence-corrected chi connectivity index (χ0v) is 15.3. The van der Waals surface area contributed by atoms with Crippen molar-refractivity contribution in [2.45, 2.75) is 64.5 Å². The van der Waals surface area contributed by atoms with E-state index in [0.29, 0.717) is 5.69 Å². The Kier molecular flexibility index (Phi) is 6.62. The Balaban J connectivity index is 2.06. The Morgan fingerprint density at radius 3 is 2.36 bits per heavy atom. The normalized spacial score (nSPS) is 15.8. The fourth-order valence-corrected chi connectivity index (χ4v) is 2.79. The maximum atomic E-state index is 12.5. The number of para-hydroxylation sites is 1. The Morgan fingerprint density at radius 2 is 1.76 bits per heavy atom. The molecular weight excluding hydrogens is 316 g/mol. The average molecular weight is 344 g/mol. The summed E-state index contributed by atoms with van der Waals surface area (Å²) in [6.45, 7) is 5.44. The molecule has 0 aliphatic heterocycles. The maximum Gasteiger partial charge on any atom is 0.418 e. The number of hydrogen-bond acceptors (Lipinski definition) is 3. The summed E-state index contributed by atoms with van der Waals surface area (Å²) >= 11 is 0. The molecule has 1 N–H and O–H groups in total. The summed E-state index contributed by atoms with van der Waals surface area (Å²) in [5.41, 5.74) is 0.0425. The molecule has 0 saturated heterocycles. The highest BCUT2D eigenvalue weighted by Gasteiger charge is 2.22. The van der Waals surface area contributed by atoms with Gasteiger partial charge < -0.3 is 10.1 Å². The number of carbonyl (C=O) groups excluding carboxylic acids is 2. The molecule has 1 aromatic rings. The fourth-order valence-electron chi connectivity index (χ4n) is 2.79. The topological polar surface area (TPSA) is 58.6 Å². The van der Waals surface area contributed by atoms with Crippen LogP contribution in [0.3, 0.4) is 0 Å². The van der Waals surface area contributed by atoms with Crippen LogP contribution >= 0.6 is 0 Å². The molecular formula is C20H28N2O3. The Bertz CT molecular complexity index is 599. The minimum atomic E-state index is -0.609. The molecule has 0 aromatic heterocycles. The Morgan fingerprint density at radius 1 is 1.12 bits per heavy atom. The minimum Gasteiger partial charge on any atom is -0.443 e. The SMILES string of the molecule is CC(C)(C)OC(=O)N(/C=C/C(=O)NC1CCCCC1)c1ccccc1. The van der Waals surface area contributed by atoms with Crippen LogP contribution in [-0.4, -0.2) is 23.6 Å². The van der Waals surface area contributed by atoms with Crippen LogP contribution in [0.5, 0.6) is 0 Å². The van der Waals surface area contributed by atoms with Crippen LogP contribution in [-0.2, 0) is 9.53 Å². The highest BCUT2D eigenvalue weighted by atomic mass is 16.6. The molecule has 0 bridgehead atoms. The maximum absolute atomic E-state index is 12.5. The summed E-state index contributed by atoms with van der Waals surface area (Å²) in [6, 6.07) is 9.37. The van der Waals surface area contributed by atoms with E-state index in [1.54, 1.807) is 12.1 Å². The van der Waals surface area contributed by atoms with Crippen LogP contribution in [0.15, 0.2) is 42.6 Å². The van der Waals surface area contributed by atoms with Gasteiger partial charge in [0, 0.05) is 18.3 Å². The number of rotatable bonds is 4. The molecule has 0 unspecified atom stereocenters. The van der Waals surface area contributed by atoms with Gasteiger partial charge in [0.25, 0.3) is 0 Å².